The number of anilines is 1. The standard InChI is InChI=1S/C17H16N4O/c18-11-14-6-9-19-16(20-14)21-10-8-17(12-21)7-5-13-3-1-2-4-15(13)22-17/h1-4,6,9H,5,7-8,10,12H2/t17-/m0/s1. The van der Waals surface area contributed by atoms with E-state index in [0.29, 0.717) is 11.6 Å². The van der Waals surface area contributed by atoms with Crippen LogP contribution in [0.4, 0.5) is 5.95 Å². The Bertz CT molecular complexity index is 754. The molecule has 0 radical (unpaired) electrons. The lowest BCUT2D eigenvalue weighted by Crippen LogP contribution is -2.42. The average molecular weight is 292 g/mol. The molecule has 1 atom stereocenters. The fraction of sp³-hybridized carbons (Fsp3) is 0.353. The minimum absolute atomic E-state index is 0.152. The van der Waals surface area contributed by atoms with E-state index >= 15 is 0 Å². The molecular weight excluding hydrogens is 276 g/mol. The highest BCUT2D eigenvalue weighted by atomic mass is 16.5. The minimum Gasteiger partial charge on any atom is -0.485 e. The number of ether oxygens (including phenoxy) is 1. The third-order valence-corrected chi connectivity index (χ3v) is 4.51. The highest BCUT2D eigenvalue weighted by molar-refractivity contribution is 5.40. The maximum atomic E-state index is 8.97. The molecule has 1 fully saturated rings. The molecule has 0 unspecified atom stereocenters. The Labute approximate surface area is 129 Å². The highest BCUT2D eigenvalue weighted by Crippen LogP contribution is 2.39. The second-order valence-electron chi connectivity index (χ2n) is 5.92. The van der Waals surface area contributed by atoms with E-state index in [1.54, 1.807) is 12.3 Å². The van der Waals surface area contributed by atoms with E-state index < -0.39 is 0 Å². The normalized spacial score (nSPS) is 23.0. The van der Waals surface area contributed by atoms with Crippen LogP contribution in [0.2, 0.25) is 0 Å². The number of hydrogen-bond donors (Lipinski definition) is 0. The van der Waals surface area contributed by atoms with Crippen LogP contribution in [0.1, 0.15) is 24.1 Å². The van der Waals surface area contributed by atoms with Gasteiger partial charge < -0.3 is 9.64 Å². The monoisotopic (exact) mass is 292 g/mol. The van der Waals surface area contributed by atoms with Crippen LogP contribution in [0, 0.1) is 11.3 Å². The zero-order valence-corrected chi connectivity index (χ0v) is 12.2. The third-order valence-electron chi connectivity index (χ3n) is 4.51. The zero-order valence-electron chi connectivity index (χ0n) is 12.2. The van der Waals surface area contributed by atoms with Gasteiger partial charge in [-0.2, -0.15) is 5.26 Å². The second-order valence-corrected chi connectivity index (χ2v) is 5.92. The molecule has 1 aromatic heterocycles. The van der Waals surface area contributed by atoms with Crippen molar-refractivity contribution in [2.24, 2.45) is 0 Å². The van der Waals surface area contributed by atoms with Crippen LogP contribution in [-0.4, -0.2) is 28.7 Å². The molecule has 0 N–H and O–H groups in total. The van der Waals surface area contributed by atoms with Gasteiger partial charge in [-0.05, 0) is 30.5 Å². The Balaban J connectivity index is 1.57. The summed E-state index contributed by atoms with van der Waals surface area (Å²) in [5, 5.41) is 8.97. The molecule has 2 aliphatic rings. The van der Waals surface area contributed by atoms with Crippen molar-refractivity contribution in [3.8, 4) is 11.8 Å². The molecule has 5 nitrogen and oxygen atoms in total. The van der Waals surface area contributed by atoms with Gasteiger partial charge in [0.2, 0.25) is 5.95 Å². The Morgan fingerprint density at radius 2 is 2.14 bits per heavy atom. The summed E-state index contributed by atoms with van der Waals surface area (Å²) in [4.78, 5) is 10.7. The molecule has 0 amide bonds. The molecule has 1 spiro atoms. The Hall–Kier alpha value is -2.61. The van der Waals surface area contributed by atoms with Crippen LogP contribution in [0.15, 0.2) is 36.5 Å². The number of nitriles is 1. The van der Waals surface area contributed by atoms with Gasteiger partial charge in [0.1, 0.15) is 23.1 Å². The van der Waals surface area contributed by atoms with Crippen molar-refractivity contribution < 1.29 is 4.74 Å². The van der Waals surface area contributed by atoms with Gasteiger partial charge in [-0.3, -0.25) is 0 Å². The van der Waals surface area contributed by atoms with E-state index in [0.717, 1.165) is 38.1 Å². The van der Waals surface area contributed by atoms with Crippen molar-refractivity contribution in [1.29, 1.82) is 5.26 Å². The van der Waals surface area contributed by atoms with E-state index in [-0.39, 0.29) is 5.60 Å². The summed E-state index contributed by atoms with van der Waals surface area (Å²) in [5.74, 6) is 1.63. The molecule has 5 heteroatoms. The van der Waals surface area contributed by atoms with E-state index in [9.17, 15) is 0 Å². The van der Waals surface area contributed by atoms with E-state index in [1.807, 2.05) is 12.1 Å². The highest BCUT2D eigenvalue weighted by Gasteiger charge is 2.43. The number of aromatic nitrogens is 2. The van der Waals surface area contributed by atoms with Gasteiger partial charge in [0.05, 0.1) is 6.54 Å². The molecule has 110 valence electrons. The zero-order chi connectivity index (χ0) is 15.0. The van der Waals surface area contributed by atoms with Gasteiger partial charge in [0.15, 0.2) is 0 Å². The SMILES string of the molecule is N#Cc1ccnc(N2CC[C@@]3(CCc4ccccc4O3)C2)n1. The van der Waals surface area contributed by atoms with Crippen LogP contribution >= 0.6 is 0 Å². The molecule has 1 aromatic carbocycles. The fourth-order valence-electron chi connectivity index (χ4n) is 3.32. The van der Waals surface area contributed by atoms with Crippen molar-refractivity contribution >= 4 is 5.95 Å². The molecule has 0 bridgehead atoms. The molecule has 0 aliphatic carbocycles. The molecule has 4 rings (SSSR count). The molecular formula is C17H16N4O. The molecule has 2 aliphatic heterocycles. The van der Waals surface area contributed by atoms with Gasteiger partial charge in [0, 0.05) is 19.2 Å². The molecule has 22 heavy (non-hydrogen) atoms. The predicted octanol–water partition coefficient (Wildman–Crippen LogP) is 2.32. The number of fused-ring (bicyclic) bond motifs is 1. The topological polar surface area (TPSA) is 62.0 Å². The van der Waals surface area contributed by atoms with Crippen LogP contribution in [0.5, 0.6) is 5.75 Å². The second kappa shape index (κ2) is 4.99. The summed E-state index contributed by atoms with van der Waals surface area (Å²) in [7, 11) is 0. The summed E-state index contributed by atoms with van der Waals surface area (Å²) in [6, 6.07) is 12.0. The van der Waals surface area contributed by atoms with Gasteiger partial charge in [0.25, 0.3) is 0 Å². The Kier molecular flexibility index (Phi) is 2.97. The summed E-state index contributed by atoms with van der Waals surface area (Å²) in [5.41, 5.74) is 1.54. The number of para-hydroxylation sites is 1. The van der Waals surface area contributed by atoms with Gasteiger partial charge in [-0.15, -0.1) is 0 Å². The quantitative estimate of drug-likeness (QED) is 0.807. The first-order valence-electron chi connectivity index (χ1n) is 7.53. The van der Waals surface area contributed by atoms with Crippen molar-refractivity contribution in [3.63, 3.8) is 0 Å². The van der Waals surface area contributed by atoms with Crippen molar-refractivity contribution in [3.05, 3.63) is 47.8 Å². The van der Waals surface area contributed by atoms with Gasteiger partial charge >= 0.3 is 0 Å². The number of rotatable bonds is 1. The van der Waals surface area contributed by atoms with E-state index in [2.05, 4.69) is 33.1 Å². The molecule has 0 saturated carbocycles. The molecule has 2 aromatic rings. The Morgan fingerprint density at radius 3 is 3.05 bits per heavy atom. The first kappa shape index (κ1) is 13.1. The third kappa shape index (κ3) is 2.17. The maximum absolute atomic E-state index is 8.97. The van der Waals surface area contributed by atoms with E-state index in [1.165, 1.54) is 5.56 Å². The average Bonchev–Trinajstić information content (AvgIpc) is 2.98. The van der Waals surface area contributed by atoms with Crippen molar-refractivity contribution in [2.45, 2.75) is 24.9 Å². The smallest absolute Gasteiger partial charge is 0.226 e. The van der Waals surface area contributed by atoms with Crippen LogP contribution in [-0.2, 0) is 6.42 Å². The van der Waals surface area contributed by atoms with Gasteiger partial charge in [-0.1, -0.05) is 18.2 Å². The number of benzene rings is 1. The predicted molar refractivity (Wildman–Crippen MR) is 81.7 cm³/mol. The van der Waals surface area contributed by atoms with Crippen LogP contribution < -0.4 is 9.64 Å². The Morgan fingerprint density at radius 1 is 1.23 bits per heavy atom. The van der Waals surface area contributed by atoms with Crippen molar-refractivity contribution in [2.75, 3.05) is 18.0 Å². The number of aryl methyl sites for hydroxylation is 1. The number of hydrogen-bond acceptors (Lipinski definition) is 5. The first-order valence-corrected chi connectivity index (χ1v) is 7.53. The lowest BCUT2D eigenvalue weighted by Gasteiger charge is -2.35. The van der Waals surface area contributed by atoms with Crippen LogP contribution in [0.25, 0.3) is 0 Å². The molecule has 3 heterocycles. The minimum atomic E-state index is -0.152. The summed E-state index contributed by atoms with van der Waals surface area (Å²) in [6.45, 7) is 1.63. The molecule has 1 saturated heterocycles. The first-order chi connectivity index (χ1) is 10.8. The van der Waals surface area contributed by atoms with E-state index in [4.69, 9.17) is 10.00 Å². The lowest BCUT2D eigenvalue weighted by atomic mass is 9.90. The summed E-state index contributed by atoms with van der Waals surface area (Å²) < 4.78 is 6.33. The summed E-state index contributed by atoms with van der Waals surface area (Å²) in [6.07, 6.45) is 4.66. The maximum Gasteiger partial charge on any atom is 0.226 e. The fourth-order valence-corrected chi connectivity index (χ4v) is 3.32. The van der Waals surface area contributed by atoms with Crippen molar-refractivity contribution in [1.82, 2.24) is 9.97 Å². The van der Waals surface area contributed by atoms with Crippen LogP contribution in [0.3, 0.4) is 0 Å². The lowest BCUT2D eigenvalue weighted by molar-refractivity contribution is 0.0681. The largest absolute Gasteiger partial charge is 0.485 e. The number of nitrogens with zero attached hydrogens (tertiary/aromatic N) is 4. The van der Waals surface area contributed by atoms with Gasteiger partial charge in [-0.25, -0.2) is 9.97 Å². The summed E-state index contributed by atoms with van der Waals surface area (Å²) >= 11 is 0.